The number of nitrogens with zero attached hydrogens (tertiary/aromatic N) is 2. The van der Waals surface area contributed by atoms with E-state index in [1.807, 2.05) is 36.4 Å². The first-order valence-corrected chi connectivity index (χ1v) is 16.3. The number of nitrogens with one attached hydrogen (secondary N) is 2. The average Bonchev–Trinajstić information content (AvgIpc) is 3.32. The maximum absolute atomic E-state index is 14.1. The number of ether oxygens (including phenoxy) is 3. The summed E-state index contributed by atoms with van der Waals surface area (Å²) in [6.07, 6.45) is 6.12. The molecule has 5 aliphatic rings. The van der Waals surface area contributed by atoms with Crippen molar-refractivity contribution in [1.29, 1.82) is 0 Å². The molecule has 1 aliphatic carbocycles. The van der Waals surface area contributed by atoms with Crippen molar-refractivity contribution in [1.82, 2.24) is 20.4 Å². The van der Waals surface area contributed by atoms with E-state index in [0.717, 1.165) is 24.8 Å². The van der Waals surface area contributed by atoms with Gasteiger partial charge in [-0.05, 0) is 43.2 Å². The zero-order valence-corrected chi connectivity index (χ0v) is 25.9. The number of carbonyl (C=O) groups excluding carboxylic acids is 4. The van der Waals surface area contributed by atoms with Crippen LogP contribution in [0.4, 0.5) is 9.59 Å². The summed E-state index contributed by atoms with van der Waals surface area (Å²) in [6.45, 7) is 1.58. The Morgan fingerprint density at radius 3 is 2.65 bits per heavy atom. The van der Waals surface area contributed by atoms with Crippen molar-refractivity contribution in [3.63, 3.8) is 0 Å². The van der Waals surface area contributed by atoms with E-state index in [1.54, 1.807) is 4.90 Å². The molecule has 13 heteroatoms. The van der Waals surface area contributed by atoms with Gasteiger partial charge in [0.1, 0.15) is 29.8 Å². The third-order valence-corrected chi connectivity index (χ3v) is 9.73. The quantitative estimate of drug-likeness (QED) is 0.421. The molecule has 0 unspecified atom stereocenters. The predicted molar refractivity (Wildman–Crippen MR) is 162 cm³/mol. The van der Waals surface area contributed by atoms with Crippen molar-refractivity contribution < 1.29 is 43.3 Å². The molecule has 46 heavy (non-hydrogen) atoms. The second-order valence-electron chi connectivity index (χ2n) is 12.9. The minimum Gasteiger partial charge on any atom is -0.479 e. The number of amides is 4. The molecule has 1 aromatic rings. The Hall–Kier alpha value is -4.13. The van der Waals surface area contributed by atoms with Crippen LogP contribution in [0.5, 0.6) is 0 Å². The number of carboxylic acid groups (broad SMARTS) is 1. The Kier molecular flexibility index (Phi) is 9.48. The van der Waals surface area contributed by atoms with Gasteiger partial charge in [0, 0.05) is 31.8 Å². The number of carbonyl (C=O) groups is 5. The standard InChI is InChI=1S/C33H42N4O9/c38-28-27-16-25(46-32(43)36-14-12-21-8-6-7-9-22(21)18-36)19-37(27)29(39)26(34-31(42)45-24-13-15-44-20-24)11-5-3-1-2-4-10-23-17-33(23,35-28)30(40)41/h4,6-10,23-27H,1-3,5,11-20H2,(H,34,42)(H,35,38)(H,40,41)/t23-,24-,25-,26+,27+,33-/m1/s1. The topological polar surface area (TPSA) is 164 Å². The molecule has 4 heterocycles. The summed E-state index contributed by atoms with van der Waals surface area (Å²) in [5.41, 5.74) is 0.762. The van der Waals surface area contributed by atoms with E-state index >= 15 is 0 Å². The number of allylic oxidation sites excluding steroid dienone is 1. The van der Waals surface area contributed by atoms with Crippen molar-refractivity contribution in [2.75, 3.05) is 26.3 Å². The highest BCUT2D eigenvalue weighted by Crippen LogP contribution is 2.45. The van der Waals surface area contributed by atoms with E-state index < -0.39 is 59.8 Å². The van der Waals surface area contributed by atoms with Crippen LogP contribution in [0.2, 0.25) is 0 Å². The van der Waals surface area contributed by atoms with Gasteiger partial charge >= 0.3 is 18.2 Å². The summed E-state index contributed by atoms with van der Waals surface area (Å²) >= 11 is 0. The first-order chi connectivity index (χ1) is 22.2. The fraction of sp³-hybridized carbons (Fsp3) is 0.606. The second kappa shape index (κ2) is 13.7. The third-order valence-electron chi connectivity index (χ3n) is 9.73. The van der Waals surface area contributed by atoms with Gasteiger partial charge in [0.15, 0.2) is 0 Å². The van der Waals surface area contributed by atoms with Gasteiger partial charge in [-0.2, -0.15) is 0 Å². The summed E-state index contributed by atoms with van der Waals surface area (Å²) in [4.78, 5) is 69.3. The number of benzene rings is 1. The molecule has 2 saturated heterocycles. The van der Waals surface area contributed by atoms with Crippen LogP contribution in [0.3, 0.4) is 0 Å². The van der Waals surface area contributed by atoms with E-state index in [2.05, 4.69) is 10.6 Å². The number of alkyl carbamates (subject to hydrolysis) is 1. The number of fused-ring (bicyclic) bond motifs is 3. The lowest BCUT2D eigenvalue weighted by Gasteiger charge is -2.30. The van der Waals surface area contributed by atoms with E-state index in [1.165, 1.54) is 10.5 Å². The Morgan fingerprint density at radius 1 is 1.04 bits per heavy atom. The highest BCUT2D eigenvalue weighted by molar-refractivity contribution is 5.96. The van der Waals surface area contributed by atoms with E-state index in [9.17, 15) is 29.1 Å². The van der Waals surface area contributed by atoms with Gasteiger partial charge in [-0.1, -0.05) is 49.3 Å². The molecule has 0 aromatic heterocycles. The van der Waals surface area contributed by atoms with Gasteiger partial charge in [-0.25, -0.2) is 14.4 Å². The molecule has 13 nitrogen and oxygen atoms in total. The van der Waals surface area contributed by atoms with Crippen LogP contribution >= 0.6 is 0 Å². The smallest absolute Gasteiger partial charge is 0.410 e. The highest BCUT2D eigenvalue weighted by atomic mass is 16.6. The number of hydrogen-bond acceptors (Lipinski definition) is 8. The molecule has 0 bridgehead atoms. The van der Waals surface area contributed by atoms with Crippen LogP contribution in [-0.4, -0.2) is 101 Å². The number of carboxylic acids is 1. The zero-order valence-electron chi connectivity index (χ0n) is 25.9. The normalized spacial score (nSPS) is 31.3. The summed E-state index contributed by atoms with van der Waals surface area (Å²) in [7, 11) is 0. The van der Waals surface area contributed by atoms with E-state index in [0.29, 0.717) is 45.4 Å². The van der Waals surface area contributed by atoms with Crippen molar-refractivity contribution in [3.05, 3.63) is 47.5 Å². The Labute approximate surface area is 267 Å². The molecule has 0 radical (unpaired) electrons. The van der Waals surface area contributed by atoms with E-state index in [4.69, 9.17) is 14.2 Å². The number of aliphatic carboxylic acids is 1. The zero-order chi connectivity index (χ0) is 32.3. The van der Waals surface area contributed by atoms with Gasteiger partial charge in [-0.3, -0.25) is 9.59 Å². The van der Waals surface area contributed by atoms with Crippen molar-refractivity contribution in [2.24, 2.45) is 5.92 Å². The molecule has 6 rings (SSSR count). The molecule has 6 atom stereocenters. The lowest BCUT2D eigenvalue weighted by Crippen LogP contribution is -2.56. The monoisotopic (exact) mass is 638 g/mol. The van der Waals surface area contributed by atoms with Crippen LogP contribution in [0.25, 0.3) is 0 Å². The summed E-state index contributed by atoms with van der Waals surface area (Å²) in [6, 6.07) is 5.82. The average molecular weight is 639 g/mol. The summed E-state index contributed by atoms with van der Waals surface area (Å²) in [5.74, 6) is -2.63. The van der Waals surface area contributed by atoms with Crippen molar-refractivity contribution in [2.45, 2.75) is 94.2 Å². The Bertz CT molecular complexity index is 1380. The number of hydrogen-bond donors (Lipinski definition) is 3. The molecule has 4 aliphatic heterocycles. The third kappa shape index (κ3) is 6.98. The maximum Gasteiger partial charge on any atom is 0.410 e. The van der Waals surface area contributed by atoms with Crippen LogP contribution in [0, 0.1) is 5.92 Å². The molecular weight excluding hydrogens is 596 g/mol. The summed E-state index contributed by atoms with van der Waals surface area (Å²) in [5, 5.41) is 15.5. The van der Waals surface area contributed by atoms with Gasteiger partial charge in [0.2, 0.25) is 11.8 Å². The van der Waals surface area contributed by atoms with Crippen LogP contribution in [-0.2, 0) is 41.6 Å². The van der Waals surface area contributed by atoms with Gasteiger partial charge in [0.05, 0.1) is 19.8 Å². The fourth-order valence-corrected chi connectivity index (χ4v) is 6.95. The molecule has 248 valence electrons. The largest absolute Gasteiger partial charge is 0.479 e. The van der Waals surface area contributed by atoms with Crippen molar-refractivity contribution >= 4 is 30.0 Å². The molecule has 3 N–H and O–H groups in total. The molecule has 4 amide bonds. The minimum atomic E-state index is -1.46. The Balaban J connectivity index is 1.20. The molecule has 1 aromatic carbocycles. The minimum absolute atomic E-state index is 0.000520. The first-order valence-electron chi connectivity index (χ1n) is 16.3. The van der Waals surface area contributed by atoms with Gasteiger partial charge < -0.3 is 39.8 Å². The lowest BCUT2D eigenvalue weighted by molar-refractivity contribution is -0.145. The second-order valence-corrected chi connectivity index (χ2v) is 12.9. The van der Waals surface area contributed by atoms with Crippen LogP contribution in [0.1, 0.15) is 62.5 Å². The number of rotatable bonds is 4. The van der Waals surface area contributed by atoms with Crippen LogP contribution < -0.4 is 10.6 Å². The highest BCUT2D eigenvalue weighted by Gasteiger charge is 2.61. The maximum atomic E-state index is 14.1. The lowest BCUT2D eigenvalue weighted by atomic mass is 10.0. The summed E-state index contributed by atoms with van der Waals surface area (Å²) < 4.78 is 16.6. The van der Waals surface area contributed by atoms with Gasteiger partial charge in [0.25, 0.3) is 0 Å². The van der Waals surface area contributed by atoms with Crippen molar-refractivity contribution in [3.8, 4) is 0 Å². The predicted octanol–water partition coefficient (Wildman–Crippen LogP) is 2.51. The SMILES string of the molecule is O=C(N[C@H]1CCCCCC=C[C@@H]2C[C@@]2(C(=O)O)NC(=O)[C@@H]2C[C@@H](OC(=O)N3CCc4ccccc4C3)CN2C1=O)O[C@@H]1CCOC1. The fourth-order valence-electron chi connectivity index (χ4n) is 6.95. The molecular formula is C33H42N4O9. The van der Waals surface area contributed by atoms with E-state index in [-0.39, 0.29) is 31.9 Å². The molecule has 3 fully saturated rings. The van der Waals surface area contributed by atoms with Crippen LogP contribution in [0.15, 0.2) is 36.4 Å². The molecule has 1 saturated carbocycles. The Morgan fingerprint density at radius 2 is 1.87 bits per heavy atom. The molecule has 0 spiro atoms. The first kappa shape index (κ1) is 31.8. The van der Waals surface area contributed by atoms with Gasteiger partial charge in [-0.15, -0.1) is 0 Å².